The summed E-state index contributed by atoms with van der Waals surface area (Å²) in [5.41, 5.74) is 0. The maximum Gasteiger partial charge on any atom is 0.317 e. The van der Waals surface area contributed by atoms with Gasteiger partial charge in [-0.05, 0) is 19.2 Å². The van der Waals surface area contributed by atoms with Gasteiger partial charge in [-0.1, -0.05) is 0 Å². The predicted molar refractivity (Wildman–Crippen MR) is 83.3 cm³/mol. The number of ether oxygens (including phenoxy) is 2. The minimum Gasteiger partial charge on any atom is -0.481 e. The van der Waals surface area contributed by atoms with Crippen LogP contribution < -0.4 is 4.74 Å². The Labute approximate surface area is 143 Å². The summed E-state index contributed by atoms with van der Waals surface area (Å²) in [4.78, 5) is 26.0. The predicted octanol–water partition coefficient (Wildman–Crippen LogP) is 0.587. The summed E-state index contributed by atoms with van der Waals surface area (Å²) >= 11 is 0. The van der Waals surface area contributed by atoms with E-state index in [1.165, 1.54) is 4.90 Å². The monoisotopic (exact) mass is 358 g/mol. The van der Waals surface area contributed by atoms with E-state index < -0.39 is 17.6 Å². The van der Waals surface area contributed by atoms with Gasteiger partial charge >= 0.3 is 5.97 Å². The number of benzene rings is 1. The van der Waals surface area contributed by atoms with Crippen molar-refractivity contribution in [2.45, 2.75) is 6.10 Å². The summed E-state index contributed by atoms with van der Waals surface area (Å²) in [6, 6.07) is 2.86. The van der Waals surface area contributed by atoms with Crippen LogP contribution in [0.25, 0.3) is 0 Å². The van der Waals surface area contributed by atoms with E-state index >= 15 is 0 Å². The standard InChI is InChI=1S/C16H20F2N2O5/c1-19(9-16(22)23)7-12-8-20(4-5-24-12)15(21)10-25-14-3-2-11(17)6-13(14)18/h2-3,6,12H,4-5,7-10H2,1H3,(H,22,23)/t12-/m0/s1. The lowest BCUT2D eigenvalue weighted by atomic mass is 10.2. The van der Waals surface area contributed by atoms with E-state index in [9.17, 15) is 18.4 Å². The molecular formula is C16H20F2N2O5. The fourth-order valence-electron chi connectivity index (χ4n) is 2.52. The largest absolute Gasteiger partial charge is 0.481 e. The Morgan fingerprint density at radius 1 is 1.44 bits per heavy atom. The van der Waals surface area contributed by atoms with Gasteiger partial charge in [0.25, 0.3) is 5.91 Å². The molecule has 1 aromatic carbocycles. The zero-order chi connectivity index (χ0) is 18.4. The number of morpholine rings is 1. The molecule has 9 heteroatoms. The van der Waals surface area contributed by atoms with E-state index in [-0.39, 0.29) is 37.5 Å². The van der Waals surface area contributed by atoms with Gasteiger partial charge in [0.2, 0.25) is 0 Å². The molecule has 1 heterocycles. The summed E-state index contributed by atoms with van der Waals surface area (Å²) in [5.74, 6) is -3.08. The van der Waals surface area contributed by atoms with Gasteiger partial charge in [0, 0.05) is 25.7 Å². The van der Waals surface area contributed by atoms with Gasteiger partial charge in [0.1, 0.15) is 5.82 Å². The van der Waals surface area contributed by atoms with Gasteiger partial charge in [0.15, 0.2) is 18.2 Å². The third-order valence-corrected chi connectivity index (χ3v) is 3.66. The molecule has 25 heavy (non-hydrogen) atoms. The first-order valence-electron chi connectivity index (χ1n) is 7.72. The van der Waals surface area contributed by atoms with Gasteiger partial charge in [-0.3, -0.25) is 14.5 Å². The van der Waals surface area contributed by atoms with Crippen LogP contribution in [0.4, 0.5) is 8.78 Å². The molecule has 2 rings (SSSR count). The number of hydrogen-bond acceptors (Lipinski definition) is 5. The van der Waals surface area contributed by atoms with Crippen molar-refractivity contribution >= 4 is 11.9 Å². The zero-order valence-corrected chi connectivity index (χ0v) is 13.8. The van der Waals surface area contributed by atoms with Crippen molar-refractivity contribution < 1.29 is 33.0 Å². The summed E-state index contributed by atoms with van der Waals surface area (Å²) in [6.45, 7) is 0.845. The van der Waals surface area contributed by atoms with Crippen LogP contribution in [-0.2, 0) is 14.3 Å². The highest BCUT2D eigenvalue weighted by atomic mass is 19.1. The molecule has 0 bridgehead atoms. The first kappa shape index (κ1) is 19.1. The molecule has 1 saturated heterocycles. The molecule has 0 radical (unpaired) electrons. The van der Waals surface area contributed by atoms with Crippen molar-refractivity contribution in [3.05, 3.63) is 29.8 Å². The lowest BCUT2D eigenvalue weighted by Crippen LogP contribution is -2.50. The average molecular weight is 358 g/mol. The number of rotatable bonds is 7. The number of carboxylic acid groups (broad SMARTS) is 1. The van der Waals surface area contributed by atoms with Crippen molar-refractivity contribution in [3.8, 4) is 5.75 Å². The molecule has 0 unspecified atom stereocenters. The summed E-state index contributed by atoms with van der Waals surface area (Å²) < 4.78 is 37.0. The van der Waals surface area contributed by atoms with E-state index in [2.05, 4.69) is 0 Å². The Bertz CT molecular complexity index is 629. The van der Waals surface area contributed by atoms with Crippen molar-refractivity contribution in [2.75, 3.05) is 46.4 Å². The Kier molecular flexibility index (Phi) is 6.65. The molecule has 1 aliphatic heterocycles. The molecular weight excluding hydrogens is 338 g/mol. The number of carboxylic acids is 1. The Morgan fingerprint density at radius 3 is 2.88 bits per heavy atom. The highest BCUT2D eigenvalue weighted by Gasteiger charge is 2.26. The van der Waals surface area contributed by atoms with Crippen molar-refractivity contribution in [3.63, 3.8) is 0 Å². The van der Waals surface area contributed by atoms with Gasteiger partial charge in [-0.15, -0.1) is 0 Å². The van der Waals surface area contributed by atoms with E-state index in [1.54, 1.807) is 11.9 Å². The highest BCUT2D eigenvalue weighted by molar-refractivity contribution is 5.78. The minimum absolute atomic E-state index is 0.124. The Balaban J connectivity index is 1.83. The van der Waals surface area contributed by atoms with Crippen LogP contribution in [0.5, 0.6) is 5.75 Å². The lowest BCUT2D eigenvalue weighted by molar-refractivity contribution is -0.143. The second-order valence-electron chi connectivity index (χ2n) is 5.79. The number of hydrogen-bond donors (Lipinski definition) is 1. The van der Waals surface area contributed by atoms with E-state index in [4.69, 9.17) is 14.6 Å². The Hall–Kier alpha value is -2.26. The minimum atomic E-state index is -0.944. The van der Waals surface area contributed by atoms with E-state index in [1.807, 2.05) is 0 Å². The second kappa shape index (κ2) is 8.72. The smallest absolute Gasteiger partial charge is 0.317 e. The van der Waals surface area contributed by atoms with Crippen LogP contribution in [-0.4, -0.2) is 79.3 Å². The van der Waals surface area contributed by atoms with E-state index in [0.717, 1.165) is 12.1 Å². The van der Waals surface area contributed by atoms with Crippen LogP contribution in [0.3, 0.4) is 0 Å². The Morgan fingerprint density at radius 2 is 2.20 bits per heavy atom. The quantitative estimate of drug-likeness (QED) is 0.769. The molecule has 0 saturated carbocycles. The number of carbonyl (C=O) groups is 2. The maximum absolute atomic E-state index is 13.5. The normalized spacial score (nSPS) is 17.6. The van der Waals surface area contributed by atoms with Gasteiger partial charge < -0.3 is 19.5 Å². The number of halogens is 2. The molecule has 1 amide bonds. The SMILES string of the molecule is CN(CC(=O)O)C[C@H]1CN(C(=O)COc2ccc(F)cc2F)CCO1. The molecule has 0 spiro atoms. The van der Waals surface area contributed by atoms with Crippen molar-refractivity contribution in [1.82, 2.24) is 9.80 Å². The first-order chi connectivity index (χ1) is 11.8. The topological polar surface area (TPSA) is 79.3 Å². The summed E-state index contributed by atoms with van der Waals surface area (Å²) in [6.07, 6.45) is -0.315. The molecule has 1 aliphatic rings. The van der Waals surface area contributed by atoms with Gasteiger partial charge in [0.05, 0.1) is 19.3 Å². The zero-order valence-electron chi connectivity index (χ0n) is 13.8. The molecule has 138 valence electrons. The number of likely N-dealkylation sites (N-methyl/N-ethyl adjacent to an activating group) is 1. The van der Waals surface area contributed by atoms with E-state index in [0.29, 0.717) is 25.8 Å². The van der Waals surface area contributed by atoms with Crippen molar-refractivity contribution in [1.29, 1.82) is 0 Å². The second-order valence-corrected chi connectivity index (χ2v) is 5.79. The first-order valence-corrected chi connectivity index (χ1v) is 7.72. The number of nitrogens with zero attached hydrogens (tertiary/aromatic N) is 2. The summed E-state index contributed by atoms with van der Waals surface area (Å²) in [7, 11) is 1.65. The lowest BCUT2D eigenvalue weighted by Gasteiger charge is -2.34. The fourth-order valence-corrected chi connectivity index (χ4v) is 2.52. The van der Waals surface area contributed by atoms with Crippen LogP contribution in [0.1, 0.15) is 0 Å². The molecule has 1 atom stereocenters. The molecule has 1 N–H and O–H groups in total. The van der Waals surface area contributed by atoms with Crippen LogP contribution >= 0.6 is 0 Å². The average Bonchev–Trinajstić information content (AvgIpc) is 2.53. The van der Waals surface area contributed by atoms with Crippen LogP contribution in [0, 0.1) is 11.6 Å². The molecule has 0 aliphatic carbocycles. The highest BCUT2D eigenvalue weighted by Crippen LogP contribution is 2.17. The third kappa shape index (κ3) is 5.95. The third-order valence-electron chi connectivity index (χ3n) is 3.66. The number of carbonyl (C=O) groups excluding carboxylic acids is 1. The molecule has 1 aromatic rings. The van der Waals surface area contributed by atoms with Gasteiger partial charge in [-0.2, -0.15) is 0 Å². The molecule has 7 nitrogen and oxygen atoms in total. The van der Waals surface area contributed by atoms with Gasteiger partial charge in [-0.25, -0.2) is 8.78 Å². The number of aliphatic carboxylic acids is 1. The fraction of sp³-hybridized carbons (Fsp3) is 0.500. The van der Waals surface area contributed by atoms with Crippen LogP contribution in [0.15, 0.2) is 18.2 Å². The molecule has 1 fully saturated rings. The maximum atomic E-state index is 13.5. The summed E-state index contributed by atoms with van der Waals surface area (Å²) in [5, 5.41) is 8.75. The number of amides is 1. The van der Waals surface area contributed by atoms with Crippen molar-refractivity contribution in [2.24, 2.45) is 0 Å². The van der Waals surface area contributed by atoms with Crippen LogP contribution in [0.2, 0.25) is 0 Å². The molecule has 0 aromatic heterocycles.